The van der Waals surface area contributed by atoms with Gasteiger partial charge in [-0.2, -0.15) is 0 Å². The van der Waals surface area contributed by atoms with Gasteiger partial charge in [0.2, 0.25) is 0 Å². The molecule has 0 saturated heterocycles. The third kappa shape index (κ3) is 2.64. The summed E-state index contributed by atoms with van der Waals surface area (Å²) < 4.78 is 50.2. The van der Waals surface area contributed by atoms with Crippen molar-refractivity contribution in [3.8, 4) is 0 Å². The highest BCUT2D eigenvalue weighted by atomic mass is 19.3. The first-order valence-corrected chi connectivity index (χ1v) is 7.55. The smallest absolute Gasteiger partial charge is 0.204 e. The Hall–Kier alpha value is -0.280. The van der Waals surface area contributed by atoms with Gasteiger partial charge < -0.3 is 0 Å². The Balaban J connectivity index is 1.55. The van der Waals surface area contributed by atoms with E-state index in [0.29, 0.717) is 0 Å². The Labute approximate surface area is 111 Å². The molecule has 0 aromatic rings. The Morgan fingerprint density at radius 1 is 0.947 bits per heavy atom. The molecule has 19 heavy (non-hydrogen) atoms. The van der Waals surface area contributed by atoms with Crippen LogP contribution in [0.1, 0.15) is 57.8 Å². The summed E-state index contributed by atoms with van der Waals surface area (Å²) in [6.07, 6.45) is 4.31. The second kappa shape index (κ2) is 4.63. The van der Waals surface area contributed by atoms with Crippen molar-refractivity contribution in [1.82, 2.24) is 0 Å². The predicted molar refractivity (Wildman–Crippen MR) is 65.4 cm³/mol. The third-order valence-corrected chi connectivity index (χ3v) is 5.70. The van der Waals surface area contributed by atoms with Gasteiger partial charge in [-0.3, -0.25) is 0 Å². The van der Waals surface area contributed by atoms with Crippen molar-refractivity contribution in [2.24, 2.45) is 23.2 Å². The van der Waals surface area contributed by atoms with Crippen molar-refractivity contribution < 1.29 is 17.6 Å². The second-order valence-electron chi connectivity index (χ2n) is 7.33. The third-order valence-electron chi connectivity index (χ3n) is 5.70. The minimum atomic E-state index is -3.79. The summed E-state index contributed by atoms with van der Waals surface area (Å²) in [5.41, 5.74) is 0.229. The van der Waals surface area contributed by atoms with Gasteiger partial charge in [0.25, 0.3) is 0 Å². The summed E-state index contributed by atoms with van der Waals surface area (Å²) in [6, 6.07) is 0. The fraction of sp³-hybridized carbons (Fsp3) is 1.00. The number of hydrogen-bond acceptors (Lipinski definition) is 0. The van der Waals surface area contributed by atoms with Crippen molar-refractivity contribution in [3.63, 3.8) is 0 Å². The number of alkyl halides is 4. The first-order chi connectivity index (χ1) is 8.89. The molecule has 4 aliphatic carbocycles. The lowest BCUT2D eigenvalue weighted by atomic mass is 9.48. The van der Waals surface area contributed by atoms with Crippen LogP contribution in [-0.2, 0) is 0 Å². The average molecular weight is 278 g/mol. The van der Waals surface area contributed by atoms with Crippen molar-refractivity contribution in [3.05, 3.63) is 0 Å². The zero-order valence-electron chi connectivity index (χ0n) is 11.2. The summed E-state index contributed by atoms with van der Waals surface area (Å²) in [4.78, 5) is 0. The molecule has 4 heteroatoms. The molecule has 0 N–H and O–H groups in total. The summed E-state index contributed by atoms with van der Waals surface area (Å²) in [5.74, 6) is -1.41. The van der Waals surface area contributed by atoms with E-state index in [1.165, 1.54) is 38.5 Å². The maximum Gasteiger partial charge on any atom is 0.307 e. The zero-order chi connectivity index (χ0) is 13.7. The lowest BCUT2D eigenvalue weighted by Gasteiger charge is -2.57. The van der Waals surface area contributed by atoms with Gasteiger partial charge in [-0.15, -0.1) is 0 Å². The van der Waals surface area contributed by atoms with E-state index in [9.17, 15) is 17.6 Å². The first-order valence-electron chi connectivity index (χ1n) is 7.55. The van der Waals surface area contributed by atoms with Crippen LogP contribution in [0.2, 0.25) is 0 Å². The Morgan fingerprint density at radius 2 is 1.42 bits per heavy atom. The highest BCUT2D eigenvalue weighted by molar-refractivity contribution is 5.01. The van der Waals surface area contributed by atoms with E-state index in [-0.39, 0.29) is 11.8 Å². The maximum absolute atomic E-state index is 13.0. The second-order valence-corrected chi connectivity index (χ2v) is 7.33. The number of rotatable bonds is 5. The van der Waals surface area contributed by atoms with E-state index in [2.05, 4.69) is 0 Å². The van der Waals surface area contributed by atoms with Crippen LogP contribution in [-0.4, -0.2) is 12.3 Å². The molecule has 0 nitrogen and oxygen atoms in total. The van der Waals surface area contributed by atoms with Crippen molar-refractivity contribution in [2.75, 3.05) is 0 Å². The van der Waals surface area contributed by atoms with Gasteiger partial charge in [0.15, 0.2) is 0 Å². The molecule has 0 heterocycles. The van der Waals surface area contributed by atoms with E-state index in [1.807, 2.05) is 0 Å². The van der Waals surface area contributed by atoms with Crippen LogP contribution in [0.15, 0.2) is 0 Å². The van der Waals surface area contributed by atoms with Crippen molar-refractivity contribution in [1.29, 1.82) is 0 Å². The molecule has 4 aliphatic rings. The topological polar surface area (TPSA) is 0 Å². The molecule has 0 amide bonds. The fourth-order valence-corrected chi connectivity index (χ4v) is 5.40. The Morgan fingerprint density at radius 3 is 1.84 bits per heavy atom. The summed E-state index contributed by atoms with van der Waals surface area (Å²) in [7, 11) is 0. The molecule has 4 bridgehead atoms. The van der Waals surface area contributed by atoms with Gasteiger partial charge in [0.05, 0.1) is 0 Å². The van der Waals surface area contributed by atoms with Crippen LogP contribution in [0.5, 0.6) is 0 Å². The van der Waals surface area contributed by atoms with Crippen LogP contribution >= 0.6 is 0 Å². The predicted octanol–water partition coefficient (Wildman–Crippen LogP) is 5.27. The molecule has 110 valence electrons. The zero-order valence-corrected chi connectivity index (χ0v) is 11.2. The normalized spacial score (nSPS) is 41.2. The quantitative estimate of drug-likeness (QED) is 0.601. The largest absolute Gasteiger partial charge is 0.307 e. The van der Waals surface area contributed by atoms with Gasteiger partial charge >= 0.3 is 12.3 Å². The van der Waals surface area contributed by atoms with Crippen LogP contribution in [0.25, 0.3) is 0 Å². The molecule has 0 aliphatic heterocycles. The highest BCUT2D eigenvalue weighted by Gasteiger charge is 2.50. The van der Waals surface area contributed by atoms with Crippen LogP contribution < -0.4 is 0 Å². The molecule has 0 unspecified atom stereocenters. The lowest BCUT2D eigenvalue weighted by Crippen LogP contribution is -2.46. The Kier molecular flexibility index (Phi) is 3.33. The molecule has 0 aromatic heterocycles. The average Bonchev–Trinajstić information content (AvgIpc) is 2.25. The van der Waals surface area contributed by atoms with Gasteiger partial charge in [-0.05, 0) is 74.5 Å². The van der Waals surface area contributed by atoms with E-state index < -0.39 is 18.8 Å². The first kappa shape index (κ1) is 13.7. The van der Waals surface area contributed by atoms with E-state index in [1.54, 1.807) is 0 Å². The molecule has 0 aromatic carbocycles. The molecular weight excluding hydrogens is 256 g/mol. The Bertz CT molecular complexity index is 302. The van der Waals surface area contributed by atoms with Crippen molar-refractivity contribution in [2.45, 2.75) is 70.1 Å². The van der Waals surface area contributed by atoms with Gasteiger partial charge in [0, 0.05) is 6.42 Å². The van der Waals surface area contributed by atoms with Crippen molar-refractivity contribution >= 4 is 0 Å². The van der Waals surface area contributed by atoms with Crippen LogP contribution in [0, 0.1) is 23.2 Å². The monoisotopic (exact) mass is 278 g/mol. The van der Waals surface area contributed by atoms with Crippen LogP contribution in [0.4, 0.5) is 17.6 Å². The summed E-state index contributed by atoms with van der Waals surface area (Å²) in [6.45, 7) is 0. The minimum absolute atomic E-state index is 0.229. The fourth-order valence-electron chi connectivity index (χ4n) is 5.40. The van der Waals surface area contributed by atoms with Gasteiger partial charge in [-0.25, -0.2) is 17.6 Å². The molecule has 4 saturated carbocycles. The van der Waals surface area contributed by atoms with E-state index >= 15 is 0 Å². The standard InChI is InChI=1S/C15H22F4/c16-13(17)15(18,19)3-1-2-14-7-10-4-11(8-14)6-12(5-10)9-14/h10-13H,1-9H2. The lowest BCUT2D eigenvalue weighted by molar-refractivity contribution is -0.137. The highest BCUT2D eigenvalue weighted by Crippen LogP contribution is 2.61. The molecule has 0 radical (unpaired) electrons. The van der Waals surface area contributed by atoms with Gasteiger partial charge in [0.1, 0.15) is 0 Å². The number of halogens is 4. The molecular formula is C15H22F4. The molecule has 0 spiro atoms. The van der Waals surface area contributed by atoms with E-state index in [4.69, 9.17) is 0 Å². The summed E-state index contributed by atoms with van der Waals surface area (Å²) in [5, 5.41) is 0. The molecule has 0 atom stereocenters. The summed E-state index contributed by atoms with van der Waals surface area (Å²) >= 11 is 0. The van der Waals surface area contributed by atoms with E-state index in [0.717, 1.165) is 24.2 Å². The van der Waals surface area contributed by atoms with Crippen LogP contribution in [0.3, 0.4) is 0 Å². The minimum Gasteiger partial charge on any atom is -0.204 e. The van der Waals surface area contributed by atoms with Gasteiger partial charge in [-0.1, -0.05) is 0 Å². The molecule has 4 rings (SSSR count). The SMILES string of the molecule is FC(F)C(F)(F)CCCC12CC3CC(CC(C3)C1)C2. The number of hydrogen-bond donors (Lipinski definition) is 0. The molecule has 4 fully saturated rings. The maximum atomic E-state index is 13.0.